The fraction of sp³-hybridized carbons (Fsp3) is 0.833. The van der Waals surface area contributed by atoms with Crippen molar-refractivity contribution in [3.05, 3.63) is 0 Å². The smallest absolute Gasteiger partial charge is 0.351 e. The van der Waals surface area contributed by atoms with Gasteiger partial charge in [-0.15, -0.1) is 0 Å². The van der Waals surface area contributed by atoms with Crippen molar-refractivity contribution in [2.45, 2.75) is 57.5 Å². The zero-order valence-electron chi connectivity index (χ0n) is 9.74. The van der Waals surface area contributed by atoms with Crippen LogP contribution in [0.4, 0.5) is 0 Å². The summed E-state index contributed by atoms with van der Waals surface area (Å²) in [5.41, 5.74) is -0.193. The zero-order valence-corrected chi connectivity index (χ0v) is 9.74. The van der Waals surface area contributed by atoms with E-state index in [9.17, 15) is 4.79 Å². The first-order valence-corrected chi connectivity index (χ1v) is 6.07. The molecule has 0 radical (unpaired) electrons. The summed E-state index contributed by atoms with van der Waals surface area (Å²) in [7, 11) is 0. The van der Waals surface area contributed by atoms with Gasteiger partial charge < -0.3 is 9.94 Å². The van der Waals surface area contributed by atoms with Crippen LogP contribution < -0.4 is 0 Å². The number of hydrogen-bond acceptors (Lipinski definition) is 3. The van der Waals surface area contributed by atoms with Gasteiger partial charge in [-0.2, -0.15) is 0 Å². The van der Waals surface area contributed by atoms with Gasteiger partial charge in [-0.05, 0) is 19.3 Å². The van der Waals surface area contributed by atoms with Crippen molar-refractivity contribution in [3.8, 4) is 0 Å². The first kappa shape index (κ1) is 11.4. The van der Waals surface area contributed by atoms with E-state index in [1.165, 1.54) is 32.1 Å². The van der Waals surface area contributed by atoms with Crippen molar-refractivity contribution in [3.63, 3.8) is 0 Å². The van der Waals surface area contributed by atoms with Gasteiger partial charge in [-0.1, -0.05) is 37.3 Å². The summed E-state index contributed by atoms with van der Waals surface area (Å²) in [6, 6.07) is 0. The van der Waals surface area contributed by atoms with Gasteiger partial charge in [0.2, 0.25) is 5.60 Å². The van der Waals surface area contributed by atoms with Crippen molar-refractivity contribution in [2.24, 2.45) is 11.1 Å². The molecule has 1 saturated carbocycles. The lowest BCUT2D eigenvalue weighted by Gasteiger charge is -2.21. The lowest BCUT2D eigenvalue weighted by Crippen LogP contribution is -2.35. The van der Waals surface area contributed by atoms with Gasteiger partial charge in [0.05, 0.1) is 5.71 Å². The fourth-order valence-electron chi connectivity index (χ4n) is 2.57. The third-order valence-electron chi connectivity index (χ3n) is 3.62. The van der Waals surface area contributed by atoms with Crippen LogP contribution in [0.15, 0.2) is 5.16 Å². The third kappa shape index (κ3) is 2.36. The second-order valence-corrected chi connectivity index (χ2v) is 5.17. The van der Waals surface area contributed by atoms with Gasteiger partial charge >= 0.3 is 5.97 Å². The zero-order chi connectivity index (χ0) is 11.6. The lowest BCUT2D eigenvalue weighted by atomic mass is 9.84. The molecule has 0 amide bonds. The number of oxime groups is 1. The topological polar surface area (TPSA) is 58.9 Å². The summed E-state index contributed by atoms with van der Waals surface area (Å²) in [6.45, 7) is 1.59. The van der Waals surface area contributed by atoms with E-state index in [0.717, 1.165) is 12.1 Å². The maximum absolute atomic E-state index is 11.0. The Labute approximate surface area is 95.7 Å². The van der Waals surface area contributed by atoms with Gasteiger partial charge in [0, 0.05) is 6.42 Å². The monoisotopic (exact) mass is 225 g/mol. The number of carboxylic acid groups (broad SMARTS) is 1. The molecular formula is C12H19NO3. The molecule has 16 heavy (non-hydrogen) atoms. The lowest BCUT2D eigenvalue weighted by molar-refractivity contribution is -0.160. The van der Waals surface area contributed by atoms with Crippen molar-refractivity contribution >= 4 is 11.7 Å². The molecule has 0 aromatic rings. The van der Waals surface area contributed by atoms with Crippen LogP contribution in [0.2, 0.25) is 0 Å². The van der Waals surface area contributed by atoms with Crippen LogP contribution in [-0.2, 0) is 9.63 Å². The molecule has 1 aliphatic heterocycles. The number of carboxylic acids is 1. The second-order valence-electron chi connectivity index (χ2n) is 5.17. The van der Waals surface area contributed by atoms with Crippen LogP contribution >= 0.6 is 0 Å². The van der Waals surface area contributed by atoms with E-state index in [1.807, 2.05) is 0 Å². The summed E-state index contributed by atoms with van der Waals surface area (Å²) in [5.74, 6) is -0.234. The van der Waals surface area contributed by atoms with E-state index in [0.29, 0.717) is 12.3 Å². The quantitative estimate of drug-likeness (QED) is 0.803. The van der Waals surface area contributed by atoms with E-state index in [1.54, 1.807) is 6.92 Å². The molecule has 1 atom stereocenters. The van der Waals surface area contributed by atoms with Crippen LogP contribution in [-0.4, -0.2) is 22.4 Å². The Bertz CT molecular complexity index is 307. The number of carbonyl (C=O) groups is 1. The Morgan fingerprint density at radius 2 is 2.19 bits per heavy atom. The van der Waals surface area contributed by atoms with E-state index in [2.05, 4.69) is 5.16 Å². The predicted molar refractivity (Wildman–Crippen MR) is 60.4 cm³/mol. The molecule has 4 nitrogen and oxygen atoms in total. The number of nitrogens with zero attached hydrogens (tertiary/aromatic N) is 1. The maximum Gasteiger partial charge on any atom is 0.351 e. The van der Waals surface area contributed by atoms with Gasteiger partial charge in [0.25, 0.3) is 0 Å². The molecule has 1 unspecified atom stereocenters. The molecule has 2 aliphatic rings. The molecule has 0 aromatic carbocycles. The SMILES string of the molecule is CC1(C(=O)O)CC(CC2CCCCC2)=NO1. The molecule has 4 heteroatoms. The minimum atomic E-state index is -1.12. The van der Waals surface area contributed by atoms with Gasteiger partial charge in [0.1, 0.15) is 0 Å². The van der Waals surface area contributed by atoms with Crippen LogP contribution in [0.3, 0.4) is 0 Å². The summed E-state index contributed by atoms with van der Waals surface area (Å²) >= 11 is 0. The summed E-state index contributed by atoms with van der Waals surface area (Å²) in [4.78, 5) is 16.0. The highest BCUT2D eigenvalue weighted by Gasteiger charge is 2.42. The second kappa shape index (κ2) is 4.44. The molecule has 90 valence electrons. The number of aliphatic carboxylic acids is 1. The normalized spacial score (nSPS) is 30.9. The van der Waals surface area contributed by atoms with Crippen molar-refractivity contribution in [1.29, 1.82) is 0 Å². The minimum Gasteiger partial charge on any atom is -0.478 e. The van der Waals surface area contributed by atoms with Crippen molar-refractivity contribution < 1.29 is 14.7 Å². The standard InChI is InChI=1S/C12H19NO3/c1-12(11(14)15)8-10(13-16-12)7-9-5-3-2-4-6-9/h9H,2-8H2,1H3,(H,14,15). The van der Waals surface area contributed by atoms with Crippen molar-refractivity contribution in [2.75, 3.05) is 0 Å². The summed E-state index contributed by atoms with van der Waals surface area (Å²) in [5, 5.41) is 12.9. The van der Waals surface area contributed by atoms with Crippen LogP contribution in [0.5, 0.6) is 0 Å². The van der Waals surface area contributed by atoms with E-state index in [4.69, 9.17) is 9.94 Å². The van der Waals surface area contributed by atoms with E-state index < -0.39 is 11.6 Å². The first-order chi connectivity index (χ1) is 7.60. The first-order valence-electron chi connectivity index (χ1n) is 6.07. The highest BCUT2D eigenvalue weighted by molar-refractivity contribution is 5.92. The van der Waals surface area contributed by atoms with Crippen LogP contribution in [0.25, 0.3) is 0 Å². The maximum atomic E-state index is 11.0. The molecule has 2 rings (SSSR count). The van der Waals surface area contributed by atoms with Crippen molar-refractivity contribution in [1.82, 2.24) is 0 Å². The van der Waals surface area contributed by atoms with E-state index in [-0.39, 0.29) is 0 Å². The molecule has 0 bridgehead atoms. The third-order valence-corrected chi connectivity index (χ3v) is 3.62. The Morgan fingerprint density at radius 3 is 2.75 bits per heavy atom. The largest absolute Gasteiger partial charge is 0.478 e. The molecule has 1 aliphatic carbocycles. The molecule has 0 saturated heterocycles. The minimum absolute atomic E-state index is 0.443. The Balaban J connectivity index is 1.86. The Kier molecular flexibility index (Phi) is 3.17. The molecule has 1 fully saturated rings. The van der Waals surface area contributed by atoms with Gasteiger partial charge in [-0.25, -0.2) is 4.79 Å². The highest BCUT2D eigenvalue weighted by atomic mass is 16.7. The van der Waals surface area contributed by atoms with Gasteiger partial charge in [-0.3, -0.25) is 0 Å². The Hall–Kier alpha value is -1.06. The molecular weight excluding hydrogens is 206 g/mol. The number of hydrogen-bond donors (Lipinski definition) is 1. The summed E-state index contributed by atoms with van der Waals surface area (Å²) < 4.78 is 0. The molecule has 0 aromatic heterocycles. The van der Waals surface area contributed by atoms with E-state index >= 15 is 0 Å². The average Bonchev–Trinajstić information content (AvgIpc) is 2.63. The van der Waals surface area contributed by atoms with Crippen LogP contribution in [0, 0.1) is 5.92 Å². The molecule has 0 spiro atoms. The fourth-order valence-corrected chi connectivity index (χ4v) is 2.57. The highest BCUT2D eigenvalue weighted by Crippen LogP contribution is 2.31. The number of rotatable bonds is 3. The van der Waals surface area contributed by atoms with Crippen LogP contribution in [0.1, 0.15) is 51.9 Å². The predicted octanol–water partition coefficient (Wildman–Crippen LogP) is 2.58. The Morgan fingerprint density at radius 1 is 1.50 bits per heavy atom. The molecule has 1 N–H and O–H groups in total. The summed E-state index contributed by atoms with van der Waals surface area (Å²) in [6.07, 6.45) is 7.81. The molecule has 1 heterocycles. The average molecular weight is 225 g/mol. The van der Waals surface area contributed by atoms with Gasteiger partial charge in [0.15, 0.2) is 0 Å².